The van der Waals surface area contributed by atoms with E-state index in [1.165, 1.54) is 11.0 Å². The molecule has 0 saturated carbocycles. The second kappa shape index (κ2) is 15.4. The third kappa shape index (κ3) is 8.11. The predicted octanol–water partition coefficient (Wildman–Crippen LogP) is 6.16. The van der Waals surface area contributed by atoms with Crippen LogP contribution in [0.3, 0.4) is 0 Å². The van der Waals surface area contributed by atoms with Crippen molar-refractivity contribution < 1.29 is 38.3 Å². The molecule has 0 aromatic heterocycles. The van der Waals surface area contributed by atoms with Crippen LogP contribution in [-0.2, 0) is 16.1 Å². The van der Waals surface area contributed by atoms with Crippen molar-refractivity contribution in [1.82, 2.24) is 4.90 Å². The van der Waals surface area contributed by atoms with Crippen LogP contribution < -0.4 is 19.3 Å². The van der Waals surface area contributed by atoms with Gasteiger partial charge >= 0.3 is 6.09 Å². The molecule has 0 spiro atoms. The van der Waals surface area contributed by atoms with E-state index >= 15 is 0 Å². The van der Waals surface area contributed by atoms with Gasteiger partial charge in [-0.15, -0.1) is 0 Å². The lowest BCUT2D eigenvalue weighted by Gasteiger charge is -2.50. The number of nitrogens with zero attached hydrogens (tertiary/aromatic N) is 3. The number of rotatable bonds is 11. The van der Waals surface area contributed by atoms with Gasteiger partial charge in [0.2, 0.25) is 0 Å². The Morgan fingerprint density at radius 1 is 1.04 bits per heavy atom. The second-order valence-corrected chi connectivity index (χ2v) is 14.6. The van der Waals surface area contributed by atoms with E-state index in [0.717, 1.165) is 60.7 Å². The number of hydrogen-bond donors (Lipinski definition) is 2. The van der Waals surface area contributed by atoms with Crippen molar-refractivity contribution in [2.75, 3.05) is 62.8 Å². The Bertz CT molecular complexity index is 1600. The molecule has 270 valence electrons. The van der Waals surface area contributed by atoms with Crippen LogP contribution in [0.1, 0.15) is 50.7 Å². The van der Waals surface area contributed by atoms with Gasteiger partial charge < -0.3 is 39.0 Å². The van der Waals surface area contributed by atoms with E-state index in [-0.39, 0.29) is 25.1 Å². The fourth-order valence-electron chi connectivity index (χ4n) is 7.70. The topological polar surface area (TPSA) is 104 Å². The normalized spacial score (nSPS) is 23.8. The van der Waals surface area contributed by atoms with E-state index in [1.54, 1.807) is 19.2 Å². The van der Waals surface area contributed by atoms with Crippen molar-refractivity contribution >= 4 is 17.5 Å². The molecule has 3 aliphatic heterocycles. The predicted molar refractivity (Wildman–Crippen MR) is 190 cm³/mol. The molecule has 0 bridgehead atoms. The quantitative estimate of drug-likeness (QED) is 0.229. The van der Waals surface area contributed by atoms with Gasteiger partial charge in [0.05, 0.1) is 50.2 Å². The average Bonchev–Trinajstić information content (AvgIpc) is 3.55. The number of aliphatic hydroxyl groups is 1. The van der Waals surface area contributed by atoms with Crippen LogP contribution in [0, 0.1) is 11.2 Å². The van der Waals surface area contributed by atoms with Crippen molar-refractivity contribution in [3.05, 3.63) is 83.7 Å². The Labute approximate surface area is 294 Å². The van der Waals surface area contributed by atoms with Crippen LogP contribution in [0.4, 0.5) is 20.6 Å². The van der Waals surface area contributed by atoms with Crippen molar-refractivity contribution in [2.24, 2.45) is 5.41 Å². The molecule has 2 fully saturated rings. The Morgan fingerprint density at radius 2 is 1.84 bits per heavy atom. The number of ether oxygens (including phenoxy) is 4. The van der Waals surface area contributed by atoms with Gasteiger partial charge in [-0.3, -0.25) is 4.90 Å². The van der Waals surface area contributed by atoms with Crippen LogP contribution in [-0.4, -0.2) is 98.6 Å². The molecule has 3 heterocycles. The molecule has 10 nitrogen and oxygen atoms in total. The van der Waals surface area contributed by atoms with Gasteiger partial charge in [-0.25, -0.2) is 9.18 Å². The molecule has 3 aliphatic rings. The number of carboxylic acid groups (broad SMARTS) is 1. The number of carbonyl (C=O) groups is 1. The lowest BCUT2D eigenvalue weighted by molar-refractivity contribution is -0.114. The lowest BCUT2D eigenvalue weighted by atomic mass is 9.72. The van der Waals surface area contributed by atoms with E-state index in [9.17, 15) is 19.4 Å². The SMILES string of the molecule is COCCCN1CCOc2ccc(CO[C@H]3CN(C(=O)O)C(C(C)(C)C)[C@@H](O)[C@@H]3c3ccc(O[C@H]4CCN(c5cccc(F)c5)C4)cc3)cc21. The summed E-state index contributed by atoms with van der Waals surface area (Å²) in [6.07, 6.45) is -1.04. The van der Waals surface area contributed by atoms with Gasteiger partial charge in [0.15, 0.2) is 0 Å². The molecule has 2 N–H and O–H groups in total. The molecule has 6 rings (SSSR count). The Hall–Kier alpha value is -4.06. The number of halogens is 1. The zero-order valence-electron chi connectivity index (χ0n) is 29.5. The van der Waals surface area contributed by atoms with Crippen LogP contribution in [0.15, 0.2) is 66.7 Å². The first-order valence-electron chi connectivity index (χ1n) is 17.6. The Kier molecular flexibility index (Phi) is 11.0. The highest BCUT2D eigenvalue weighted by Crippen LogP contribution is 2.42. The third-order valence-corrected chi connectivity index (χ3v) is 10.0. The maximum Gasteiger partial charge on any atom is 0.407 e. The molecule has 3 aromatic rings. The first kappa shape index (κ1) is 35.8. The minimum absolute atomic E-state index is 0.0483. The third-order valence-electron chi connectivity index (χ3n) is 10.0. The smallest absolute Gasteiger partial charge is 0.407 e. The van der Waals surface area contributed by atoms with Crippen LogP contribution in [0.5, 0.6) is 11.5 Å². The Balaban J connectivity index is 1.19. The Morgan fingerprint density at radius 3 is 2.56 bits per heavy atom. The van der Waals surface area contributed by atoms with E-state index < -0.39 is 35.7 Å². The summed E-state index contributed by atoms with van der Waals surface area (Å²) in [5.41, 5.74) is 3.11. The standard InChI is InChI=1S/C39H50FN3O7/c1-39(2,3)37-36(44)35(27-10-12-30(13-11-27)50-31-15-17-42(23-31)29-8-5-7-28(40)22-29)34(24-43(37)38(45)46)49-25-26-9-14-33-32(21-26)41(18-20-48-33)16-6-19-47-4/h5,7-14,21-22,31,34-37,44H,6,15-20,23-25H2,1-4H3,(H,45,46)/t31-,34-,35+,36-,37?/m0/s1. The summed E-state index contributed by atoms with van der Waals surface area (Å²) in [6, 6.07) is 19.7. The summed E-state index contributed by atoms with van der Waals surface area (Å²) < 4.78 is 37.9. The molecule has 0 aliphatic carbocycles. The second-order valence-electron chi connectivity index (χ2n) is 14.6. The molecule has 50 heavy (non-hydrogen) atoms. The van der Waals surface area contributed by atoms with Gasteiger partial charge in [0, 0.05) is 44.8 Å². The molecular formula is C39H50FN3O7. The number of methoxy groups -OCH3 is 1. The average molecular weight is 692 g/mol. The number of hydrogen-bond acceptors (Lipinski definition) is 8. The van der Waals surface area contributed by atoms with Crippen molar-refractivity contribution in [2.45, 2.75) is 70.5 Å². The monoisotopic (exact) mass is 691 g/mol. The highest BCUT2D eigenvalue weighted by Gasteiger charge is 2.50. The number of fused-ring (bicyclic) bond motifs is 1. The molecular weight excluding hydrogens is 641 g/mol. The number of likely N-dealkylation sites (tertiary alicyclic amines) is 1. The first-order chi connectivity index (χ1) is 24.0. The summed E-state index contributed by atoms with van der Waals surface area (Å²) in [6.45, 7) is 10.6. The number of anilines is 2. The summed E-state index contributed by atoms with van der Waals surface area (Å²) in [7, 11) is 1.70. The number of amides is 1. The van der Waals surface area contributed by atoms with E-state index in [2.05, 4.69) is 15.9 Å². The minimum atomic E-state index is -1.08. The van der Waals surface area contributed by atoms with Crippen LogP contribution in [0.25, 0.3) is 0 Å². The van der Waals surface area contributed by atoms with Crippen LogP contribution in [0.2, 0.25) is 0 Å². The zero-order chi connectivity index (χ0) is 35.4. The minimum Gasteiger partial charge on any atom is -0.490 e. The van der Waals surface area contributed by atoms with Gasteiger partial charge in [0.1, 0.15) is 30.0 Å². The van der Waals surface area contributed by atoms with Gasteiger partial charge in [-0.1, -0.05) is 45.0 Å². The van der Waals surface area contributed by atoms with Crippen molar-refractivity contribution in [3.63, 3.8) is 0 Å². The first-order valence-corrected chi connectivity index (χ1v) is 17.6. The molecule has 2 saturated heterocycles. The van der Waals surface area contributed by atoms with Gasteiger partial charge in [-0.2, -0.15) is 0 Å². The fourth-order valence-corrected chi connectivity index (χ4v) is 7.70. The van der Waals surface area contributed by atoms with E-state index in [0.29, 0.717) is 25.5 Å². The molecule has 1 amide bonds. The molecule has 11 heteroatoms. The van der Waals surface area contributed by atoms with Crippen molar-refractivity contribution in [1.29, 1.82) is 0 Å². The largest absolute Gasteiger partial charge is 0.490 e. The molecule has 0 radical (unpaired) electrons. The number of benzene rings is 3. The molecule has 3 aromatic carbocycles. The summed E-state index contributed by atoms with van der Waals surface area (Å²) in [5.74, 6) is 0.793. The summed E-state index contributed by atoms with van der Waals surface area (Å²) in [4.78, 5) is 18.3. The van der Waals surface area contributed by atoms with Gasteiger partial charge in [-0.05, 0) is 65.4 Å². The number of aliphatic hydroxyl groups excluding tert-OH is 1. The van der Waals surface area contributed by atoms with Gasteiger partial charge in [0.25, 0.3) is 0 Å². The van der Waals surface area contributed by atoms with Crippen LogP contribution >= 0.6 is 0 Å². The lowest BCUT2D eigenvalue weighted by Crippen LogP contribution is -2.63. The summed E-state index contributed by atoms with van der Waals surface area (Å²) in [5, 5.41) is 22.2. The van der Waals surface area contributed by atoms with Crippen molar-refractivity contribution in [3.8, 4) is 11.5 Å². The maximum absolute atomic E-state index is 13.8. The fraction of sp³-hybridized carbons (Fsp3) is 0.513. The number of piperidine rings is 1. The summed E-state index contributed by atoms with van der Waals surface area (Å²) >= 11 is 0. The molecule has 5 atom stereocenters. The zero-order valence-corrected chi connectivity index (χ0v) is 29.5. The molecule has 1 unspecified atom stereocenters. The maximum atomic E-state index is 13.8. The van der Waals surface area contributed by atoms with E-state index in [1.807, 2.05) is 63.2 Å². The highest BCUT2D eigenvalue weighted by atomic mass is 19.1. The van der Waals surface area contributed by atoms with E-state index in [4.69, 9.17) is 18.9 Å². The highest BCUT2D eigenvalue weighted by molar-refractivity contribution is 5.66.